The number of hydrogen-bond donors (Lipinski definition) is 1. The summed E-state index contributed by atoms with van der Waals surface area (Å²) in [7, 11) is 0. The van der Waals surface area contributed by atoms with Gasteiger partial charge in [0.05, 0.1) is 17.4 Å². The maximum atomic E-state index is 13.1. The maximum Gasteiger partial charge on any atom is 0.419 e. The van der Waals surface area contributed by atoms with Gasteiger partial charge in [-0.15, -0.1) is 0 Å². The first-order valence-electron chi connectivity index (χ1n) is 5.57. The van der Waals surface area contributed by atoms with Crippen molar-refractivity contribution in [2.24, 2.45) is 0 Å². The summed E-state index contributed by atoms with van der Waals surface area (Å²) in [4.78, 5) is 3.98. The molecule has 20 heavy (non-hydrogen) atoms. The Balaban J connectivity index is 2.12. The average Bonchev–Trinajstić information content (AvgIpc) is 2.38. The van der Waals surface area contributed by atoms with E-state index in [1.54, 1.807) is 12.1 Å². The van der Waals surface area contributed by atoms with Gasteiger partial charge in [-0.25, -0.2) is 9.37 Å². The first-order valence-corrected chi connectivity index (χ1v) is 6.36. The molecule has 2 nitrogen and oxygen atoms in total. The highest BCUT2D eigenvalue weighted by Gasteiger charge is 2.34. The predicted molar refractivity (Wildman–Crippen MR) is 70.7 cm³/mol. The summed E-state index contributed by atoms with van der Waals surface area (Å²) >= 11 is 3.18. The largest absolute Gasteiger partial charge is 0.419 e. The summed E-state index contributed by atoms with van der Waals surface area (Å²) in [5.41, 5.74) is -0.265. The Hall–Kier alpha value is -1.63. The Morgan fingerprint density at radius 3 is 2.50 bits per heavy atom. The summed E-state index contributed by atoms with van der Waals surface area (Å²) < 4.78 is 51.5. The molecule has 0 aliphatic heterocycles. The molecule has 0 unspecified atom stereocenters. The summed E-state index contributed by atoms with van der Waals surface area (Å²) in [5, 5.41) is 2.91. The number of nitrogens with one attached hydrogen (secondary N) is 1. The van der Waals surface area contributed by atoms with Crippen molar-refractivity contribution in [2.45, 2.75) is 12.7 Å². The summed E-state index contributed by atoms with van der Waals surface area (Å²) in [6.45, 7) is 0.146. The lowest BCUT2D eigenvalue weighted by Crippen LogP contribution is -2.10. The highest BCUT2D eigenvalue weighted by Crippen LogP contribution is 2.32. The van der Waals surface area contributed by atoms with Gasteiger partial charge in [-0.05, 0) is 45.8 Å². The summed E-state index contributed by atoms with van der Waals surface area (Å²) in [6.07, 6.45) is -3.16. The van der Waals surface area contributed by atoms with E-state index in [1.165, 1.54) is 12.3 Å². The third-order valence-electron chi connectivity index (χ3n) is 2.56. The van der Waals surface area contributed by atoms with Gasteiger partial charge in [0, 0.05) is 6.54 Å². The van der Waals surface area contributed by atoms with Gasteiger partial charge >= 0.3 is 6.18 Å². The third-order valence-corrected chi connectivity index (χ3v) is 3.03. The normalized spacial score (nSPS) is 11.4. The van der Waals surface area contributed by atoms with Crippen molar-refractivity contribution in [1.29, 1.82) is 0 Å². The quantitative estimate of drug-likeness (QED) is 0.646. The molecule has 0 aliphatic rings. The van der Waals surface area contributed by atoms with E-state index in [0.29, 0.717) is 15.9 Å². The zero-order chi connectivity index (χ0) is 14.8. The topological polar surface area (TPSA) is 24.9 Å². The smallest absolute Gasteiger partial charge is 0.380 e. The molecule has 1 aromatic carbocycles. The van der Waals surface area contributed by atoms with Crippen LogP contribution in [-0.2, 0) is 12.7 Å². The lowest BCUT2D eigenvalue weighted by molar-refractivity contribution is -0.140. The molecule has 0 amide bonds. The molecule has 7 heteroatoms. The predicted octanol–water partition coefficient (Wildman–Crippen LogP) is 4.61. The number of anilines is 1. The molecule has 0 fully saturated rings. The van der Waals surface area contributed by atoms with Crippen molar-refractivity contribution in [3.8, 4) is 0 Å². The molecule has 1 aromatic heterocycles. The molecule has 0 bridgehead atoms. The fourth-order valence-electron chi connectivity index (χ4n) is 1.58. The number of rotatable bonds is 3. The van der Waals surface area contributed by atoms with E-state index in [1.807, 2.05) is 0 Å². The zero-order valence-corrected chi connectivity index (χ0v) is 11.6. The van der Waals surface area contributed by atoms with Gasteiger partial charge in [0.25, 0.3) is 0 Å². The minimum Gasteiger partial charge on any atom is -0.380 e. The minimum atomic E-state index is -4.70. The molecular weight excluding hydrogens is 340 g/mol. The van der Waals surface area contributed by atoms with E-state index in [9.17, 15) is 17.6 Å². The standard InChI is InChI=1S/C13H9BrF4N2/c14-12-4-2-9(7-20-12)19-6-8-1-3-11(15)10(5-8)13(16,17)18/h1-5,7,19H,6H2. The van der Waals surface area contributed by atoms with E-state index in [4.69, 9.17) is 0 Å². The first-order chi connectivity index (χ1) is 9.36. The summed E-state index contributed by atoms with van der Waals surface area (Å²) in [6, 6.07) is 6.36. The molecule has 0 spiro atoms. The Bertz CT molecular complexity index is 596. The highest BCUT2D eigenvalue weighted by molar-refractivity contribution is 9.10. The third kappa shape index (κ3) is 3.69. The Labute approximate surface area is 121 Å². The van der Waals surface area contributed by atoms with E-state index in [-0.39, 0.29) is 6.54 Å². The minimum absolute atomic E-state index is 0.146. The van der Waals surface area contributed by atoms with Crippen molar-refractivity contribution >= 4 is 21.6 Å². The number of alkyl halides is 3. The average molecular weight is 349 g/mol. The number of hydrogen-bond acceptors (Lipinski definition) is 2. The number of pyridine rings is 1. The molecule has 0 atom stereocenters. The van der Waals surface area contributed by atoms with Crippen LogP contribution in [0, 0.1) is 5.82 Å². The van der Waals surface area contributed by atoms with Gasteiger partial charge in [-0.3, -0.25) is 0 Å². The van der Waals surface area contributed by atoms with Gasteiger partial charge in [0.1, 0.15) is 10.4 Å². The van der Waals surface area contributed by atoms with Crippen LogP contribution in [0.25, 0.3) is 0 Å². The van der Waals surface area contributed by atoms with Gasteiger partial charge < -0.3 is 5.32 Å². The van der Waals surface area contributed by atoms with Crippen molar-refractivity contribution in [1.82, 2.24) is 4.98 Å². The van der Waals surface area contributed by atoms with Crippen molar-refractivity contribution in [2.75, 3.05) is 5.32 Å². The molecule has 1 N–H and O–H groups in total. The number of halogens is 5. The monoisotopic (exact) mass is 348 g/mol. The Kier molecular flexibility index (Phi) is 4.27. The molecule has 1 heterocycles. The van der Waals surface area contributed by atoms with Gasteiger partial charge in [0.2, 0.25) is 0 Å². The lowest BCUT2D eigenvalue weighted by atomic mass is 10.1. The van der Waals surface area contributed by atoms with Gasteiger partial charge in [-0.2, -0.15) is 13.2 Å². The fourth-order valence-corrected chi connectivity index (χ4v) is 1.82. The second kappa shape index (κ2) is 5.78. The van der Waals surface area contributed by atoms with Crippen LogP contribution in [0.4, 0.5) is 23.2 Å². The van der Waals surface area contributed by atoms with E-state index < -0.39 is 17.6 Å². The summed E-state index contributed by atoms with van der Waals surface area (Å²) in [5.74, 6) is -1.27. The molecular formula is C13H9BrF4N2. The fraction of sp³-hybridized carbons (Fsp3) is 0.154. The van der Waals surface area contributed by atoms with Crippen molar-refractivity contribution in [3.05, 3.63) is 58.1 Å². The van der Waals surface area contributed by atoms with Gasteiger partial charge in [-0.1, -0.05) is 6.07 Å². The van der Waals surface area contributed by atoms with Crippen LogP contribution in [0.3, 0.4) is 0 Å². The number of benzene rings is 1. The molecule has 0 saturated heterocycles. The molecule has 106 valence electrons. The Morgan fingerprint density at radius 1 is 1.15 bits per heavy atom. The second-order valence-electron chi connectivity index (χ2n) is 4.04. The van der Waals surface area contributed by atoms with Crippen LogP contribution >= 0.6 is 15.9 Å². The number of aromatic nitrogens is 1. The maximum absolute atomic E-state index is 13.1. The molecule has 0 saturated carbocycles. The molecule has 0 radical (unpaired) electrons. The molecule has 2 aromatic rings. The first kappa shape index (κ1) is 14.8. The van der Waals surface area contributed by atoms with Crippen LogP contribution < -0.4 is 5.32 Å². The zero-order valence-electron chi connectivity index (χ0n) is 10.0. The van der Waals surface area contributed by atoms with Crippen molar-refractivity contribution in [3.63, 3.8) is 0 Å². The van der Waals surface area contributed by atoms with Crippen LogP contribution in [0.15, 0.2) is 41.1 Å². The van der Waals surface area contributed by atoms with Gasteiger partial charge in [0.15, 0.2) is 0 Å². The van der Waals surface area contributed by atoms with E-state index in [2.05, 4.69) is 26.2 Å². The Morgan fingerprint density at radius 2 is 1.90 bits per heavy atom. The van der Waals surface area contributed by atoms with Crippen LogP contribution in [-0.4, -0.2) is 4.98 Å². The second-order valence-corrected chi connectivity index (χ2v) is 4.85. The van der Waals surface area contributed by atoms with E-state index in [0.717, 1.165) is 12.1 Å². The molecule has 0 aliphatic carbocycles. The SMILES string of the molecule is Fc1ccc(CNc2ccc(Br)nc2)cc1C(F)(F)F. The highest BCUT2D eigenvalue weighted by atomic mass is 79.9. The van der Waals surface area contributed by atoms with Crippen LogP contribution in [0.2, 0.25) is 0 Å². The molecule has 2 rings (SSSR count). The number of nitrogens with zero attached hydrogens (tertiary/aromatic N) is 1. The van der Waals surface area contributed by atoms with Crippen molar-refractivity contribution < 1.29 is 17.6 Å². The van der Waals surface area contributed by atoms with E-state index >= 15 is 0 Å². The van der Waals surface area contributed by atoms with Crippen LogP contribution in [0.5, 0.6) is 0 Å². The lowest BCUT2D eigenvalue weighted by Gasteiger charge is -2.11. The van der Waals surface area contributed by atoms with Crippen LogP contribution in [0.1, 0.15) is 11.1 Å².